The predicted octanol–water partition coefficient (Wildman–Crippen LogP) is 2.87. The minimum atomic E-state index is -0.763. The van der Waals surface area contributed by atoms with E-state index in [0.29, 0.717) is 6.42 Å². The van der Waals surface area contributed by atoms with Gasteiger partial charge in [-0.1, -0.05) is 32.6 Å². The minimum absolute atomic E-state index is 0.254. The largest absolute Gasteiger partial charge is 0.466 e. The molecule has 0 aliphatic rings. The van der Waals surface area contributed by atoms with Crippen LogP contribution in [0, 0.1) is 0 Å². The summed E-state index contributed by atoms with van der Waals surface area (Å²) in [4.78, 5) is 22.4. The number of hydrogen-bond acceptors (Lipinski definition) is 3. The fourth-order valence-corrected chi connectivity index (χ4v) is 1.26. The van der Waals surface area contributed by atoms with Crippen molar-refractivity contribution in [2.75, 3.05) is 6.61 Å². The van der Waals surface area contributed by atoms with Crippen LogP contribution in [-0.4, -0.2) is 18.4 Å². The Balaban J connectivity index is 3.68. The van der Waals surface area contributed by atoms with E-state index >= 15 is 0 Å². The van der Waals surface area contributed by atoms with Crippen molar-refractivity contribution in [1.29, 1.82) is 0 Å². The Kier molecular flexibility index (Phi) is 7.88. The smallest absolute Gasteiger partial charge is 0.313 e. The monoisotopic (exact) mass is 215 g/mol. The Morgan fingerprint density at radius 2 is 1.80 bits per heavy atom. The highest BCUT2D eigenvalue weighted by Gasteiger charge is 2.09. The Labute approximate surface area is 93.6 Å². The van der Waals surface area contributed by atoms with Crippen molar-refractivity contribution >= 4 is 11.8 Å². The summed E-state index contributed by atoms with van der Waals surface area (Å²) in [6.45, 7) is 4.10. The van der Waals surface area contributed by atoms with Crippen molar-refractivity contribution in [3.63, 3.8) is 0 Å². The van der Waals surface area contributed by atoms with Crippen molar-refractivity contribution in [2.45, 2.75) is 58.8 Å². The first-order valence-electron chi connectivity index (χ1n) is 6.30. The first-order chi connectivity index (χ1) is 7.61. The lowest BCUT2D eigenvalue weighted by molar-refractivity contribution is -0.145. The number of esters is 1. The summed E-state index contributed by atoms with van der Waals surface area (Å²) in [7, 11) is 0. The predicted molar refractivity (Wildman–Crippen MR) is 59.6 cm³/mol. The van der Waals surface area contributed by atoms with Crippen LogP contribution >= 0.6 is 0 Å². The molecule has 0 rings (SSSR count). The van der Waals surface area contributed by atoms with Crippen LogP contribution in [0.5, 0.6) is 0 Å². The summed E-state index contributed by atoms with van der Waals surface area (Å²) in [6, 6.07) is 0. The van der Waals surface area contributed by atoms with Gasteiger partial charge in [-0.2, -0.15) is 0 Å². The zero-order valence-corrected chi connectivity index (χ0v) is 9.75. The number of carbonyl (C=O) groups is 2. The van der Waals surface area contributed by atoms with Gasteiger partial charge in [0.25, 0.3) is 0 Å². The summed E-state index contributed by atoms with van der Waals surface area (Å²) < 4.78 is 12.2. The van der Waals surface area contributed by atoms with Gasteiger partial charge in [-0.3, -0.25) is 9.59 Å². The van der Waals surface area contributed by atoms with E-state index < -0.39 is 12.4 Å². The van der Waals surface area contributed by atoms with Gasteiger partial charge in [-0.05, 0) is 13.3 Å². The van der Waals surface area contributed by atoms with Gasteiger partial charge in [0.1, 0.15) is 12.2 Å². The highest BCUT2D eigenvalue weighted by Crippen LogP contribution is 2.06. The molecule has 1 atom stereocenters. The molecule has 3 nitrogen and oxygen atoms in total. The van der Waals surface area contributed by atoms with E-state index in [2.05, 4.69) is 11.7 Å². The summed E-state index contributed by atoms with van der Waals surface area (Å²) in [6.07, 6.45) is 3.75. The van der Waals surface area contributed by atoms with Crippen LogP contribution < -0.4 is 0 Å². The van der Waals surface area contributed by atoms with E-state index in [1.165, 1.54) is 0 Å². The van der Waals surface area contributed by atoms with Crippen molar-refractivity contribution in [3.8, 4) is 0 Å². The quantitative estimate of drug-likeness (QED) is 0.337. The maximum Gasteiger partial charge on any atom is 0.313 e. The normalized spacial score (nSPS) is 13.1. The summed E-state index contributed by atoms with van der Waals surface area (Å²) >= 11 is 0. The zero-order valence-electron chi connectivity index (χ0n) is 10.8. The second-order valence-electron chi connectivity index (χ2n) is 3.50. The highest BCUT2D eigenvalue weighted by molar-refractivity contribution is 5.95. The minimum Gasteiger partial charge on any atom is -0.466 e. The molecule has 0 aromatic carbocycles. The number of ether oxygens (including phenoxy) is 1. The van der Waals surface area contributed by atoms with Crippen LogP contribution in [0.3, 0.4) is 0 Å². The van der Waals surface area contributed by atoms with E-state index in [0.717, 1.165) is 25.7 Å². The van der Waals surface area contributed by atoms with Crippen LogP contribution in [0.4, 0.5) is 0 Å². The van der Waals surface area contributed by atoms with Gasteiger partial charge in [-0.15, -0.1) is 0 Å². The van der Waals surface area contributed by atoms with E-state index in [4.69, 9.17) is 1.37 Å². The Bertz CT molecular complexity index is 216. The lowest BCUT2D eigenvalue weighted by Gasteiger charge is -2.01. The molecule has 0 aliphatic heterocycles. The van der Waals surface area contributed by atoms with E-state index in [1.54, 1.807) is 6.92 Å². The number of ketones is 1. The van der Waals surface area contributed by atoms with Crippen molar-refractivity contribution in [1.82, 2.24) is 0 Å². The fraction of sp³-hybridized carbons (Fsp3) is 0.833. The lowest BCUT2D eigenvalue weighted by atomic mass is 10.1. The number of hydrogen-bond donors (Lipinski definition) is 0. The summed E-state index contributed by atoms with van der Waals surface area (Å²) in [5.74, 6) is -0.840. The molecular formula is C12H22O3. The van der Waals surface area contributed by atoms with Crippen molar-refractivity contribution in [2.24, 2.45) is 0 Å². The van der Waals surface area contributed by atoms with Gasteiger partial charge in [-0.25, -0.2) is 0 Å². The molecule has 0 fully saturated rings. The van der Waals surface area contributed by atoms with Crippen molar-refractivity contribution in [3.05, 3.63) is 0 Å². The van der Waals surface area contributed by atoms with Gasteiger partial charge in [0.2, 0.25) is 0 Å². The highest BCUT2D eigenvalue weighted by atomic mass is 16.5. The van der Waals surface area contributed by atoms with Crippen LogP contribution in [0.25, 0.3) is 0 Å². The summed E-state index contributed by atoms with van der Waals surface area (Å²) in [5, 5.41) is 0. The molecule has 0 spiro atoms. The van der Waals surface area contributed by atoms with Gasteiger partial charge >= 0.3 is 5.97 Å². The van der Waals surface area contributed by atoms with Gasteiger partial charge in [0, 0.05) is 7.77 Å². The lowest BCUT2D eigenvalue weighted by Crippen LogP contribution is -2.10. The van der Waals surface area contributed by atoms with E-state index in [1.807, 2.05) is 0 Å². The van der Waals surface area contributed by atoms with Crippen LogP contribution in [-0.2, 0) is 14.3 Å². The number of unbranched alkanes of at least 4 members (excludes halogenated alkanes) is 3. The zero-order chi connectivity index (χ0) is 12.4. The first kappa shape index (κ1) is 12.2. The fourth-order valence-electron chi connectivity index (χ4n) is 1.26. The van der Waals surface area contributed by atoms with Gasteiger partial charge in [0.05, 0.1) is 6.61 Å². The Hall–Kier alpha value is -0.860. The van der Waals surface area contributed by atoms with Crippen LogP contribution in [0.1, 0.15) is 60.1 Å². The third-order valence-corrected chi connectivity index (χ3v) is 2.05. The second-order valence-corrected chi connectivity index (χ2v) is 3.50. The standard InChI is InChI=1S/C12H22O3/c1-3-5-6-7-8-9-11(13)10-12(14)15-4-2/h3-10H2,1-2H3/i9D. The molecule has 0 radical (unpaired) electrons. The molecule has 0 amide bonds. The van der Waals surface area contributed by atoms with Gasteiger partial charge in [0.15, 0.2) is 0 Å². The molecule has 0 N–H and O–H groups in total. The number of Topliss-reactive ketones (excluding diaryl/α,β-unsaturated/α-hetero) is 1. The number of carbonyl (C=O) groups excluding carboxylic acids is 2. The topological polar surface area (TPSA) is 43.4 Å². The number of rotatable bonds is 9. The summed E-state index contributed by atoms with van der Waals surface area (Å²) in [5.41, 5.74) is 0. The molecule has 0 aliphatic carbocycles. The molecule has 0 aromatic heterocycles. The molecule has 0 bridgehead atoms. The second kappa shape index (κ2) is 9.69. The molecule has 0 heterocycles. The molecule has 88 valence electrons. The van der Waals surface area contributed by atoms with Crippen LogP contribution in [0.15, 0.2) is 0 Å². The first-order valence-corrected chi connectivity index (χ1v) is 5.72. The van der Waals surface area contributed by atoms with Gasteiger partial charge < -0.3 is 4.74 Å². The maximum atomic E-state index is 11.4. The van der Waals surface area contributed by atoms with E-state index in [9.17, 15) is 9.59 Å². The molecule has 15 heavy (non-hydrogen) atoms. The maximum absolute atomic E-state index is 11.4. The Morgan fingerprint density at radius 3 is 2.40 bits per heavy atom. The third-order valence-electron chi connectivity index (χ3n) is 2.05. The van der Waals surface area contributed by atoms with Crippen molar-refractivity contribution < 1.29 is 15.7 Å². The van der Waals surface area contributed by atoms with E-state index in [-0.39, 0.29) is 18.8 Å². The Morgan fingerprint density at radius 1 is 1.13 bits per heavy atom. The molecule has 3 heteroatoms. The molecule has 1 unspecified atom stereocenters. The van der Waals surface area contributed by atoms with Crippen LogP contribution in [0.2, 0.25) is 0 Å². The molecular weight excluding hydrogens is 192 g/mol. The average Bonchev–Trinajstić information content (AvgIpc) is 2.24. The molecule has 0 aromatic rings. The molecule has 0 saturated heterocycles. The average molecular weight is 215 g/mol. The molecule has 0 saturated carbocycles. The SMILES string of the molecule is [2H]C(CCCCCC)C(=O)CC(=O)OCC. The third kappa shape index (κ3) is 9.44.